The van der Waals surface area contributed by atoms with Gasteiger partial charge < -0.3 is 15.2 Å². The van der Waals surface area contributed by atoms with Crippen LogP contribution in [0.1, 0.15) is 23.7 Å². The van der Waals surface area contributed by atoms with E-state index in [0.717, 1.165) is 6.42 Å². The molecular weight excluding hydrogens is 305 g/mol. The van der Waals surface area contributed by atoms with Crippen LogP contribution in [0.3, 0.4) is 0 Å². The molecule has 0 radical (unpaired) electrons. The third-order valence-corrected chi connectivity index (χ3v) is 3.70. The third kappa shape index (κ3) is 3.06. The Kier molecular flexibility index (Phi) is 4.52. The van der Waals surface area contributed by atoms with Crippen molar-refractivity contribution in [3.05, 3.63) is 27.7 Å². The van der Waals surface area contributed by atoms with Gasteiger partial charge in [-0.3, -0.25) is 4.79 Å². The van der Waals surface area contributed by atoms with Crippen LogP contribution in [0.2, 0.25) is 10.0 Å². The summed E-state index contributed by atoms with van der Waals surface area (Å²) in [6.45, 7) is 2.41. The summed E-state index contributed by atoms with van der Waals surface area (Å²) in [6.07, 6.45) is 0.196. The van der Waals surface area contributed by atoms with Gasteiger partial charge in [-0.25, -0.2) is 4.79 Å². The summed E-state index contributed by atoms with van der Waals surface area (Å²) in [6, 6.07) is 2.62. The number of nitrogens with one attached hydrogen (secondary N) is 1. The molecule has 1 saturated heterocycles. The van der Waals surface area contributed by atoms with E-state index in [2.05, 4.69) is 5.32 Å². The van der Waals surface area contributed by atoms with E-state index in [4.69, 9.17) is 33.0 Å². The van der Waals surface area contributed by atoms with E-state index >= 15 is 0 Å². The molecule has 7 heteroatoms. The largest absolute Gasteiger partial charge is 0.478 e. The first-order valence-corrected chi connectivity index (χ1v) is 6.80. The molecule has 1 fully saturated rings. The number of rotatable bonds is 3. The maximum Gasteiger partial charge on any atom is 0.337 e. The summed E-state index contributed by atoms with van der Waals surface area (Å²) in [4.78, 5) is 23.3. The second kappa shape index (κ2) is 5.99. The Hall–Kier alpha value is -1.30. The molecule has 2 atom stereocenters. The fourth-order valence-corrected chi connectivity index (χ4v) is 2.63. The minimum absolute atomic E-state index is 0.0382. The van der Waals surface area contributed by atoms with E-state index in [1.165, 1.54) is 12.1 Å². The summed E-state index contributed by atoms with van der Waals surface area (Å²) >= 11 is 11.7. The quantitative estimate of drug-likeness (QED) is 0.898. The molecule has 5 nitrogen and oxygen atoms in total. The zero-order valence-corrected chi connectivity index (χ0v) is 12.2. The summed E-state index contributed by atoms with van der Waals surface area (Å²) in [5, 5.41) is 11.9. The van der Waals surface area contributed by atoms with Gasteiger partial charge in [0.15, 0.2) is 0 Å². The number of carboxylic acids is 1. The standard InChI is InChI=1S/C13H13Cl2NO4/c1-6-2-3-20-11(6)12(17)16-10-8(13(18)19)4-7(14)5-9(10)15/h4-6,11H,2-3H2,1H3,(H,16,17)(H,18,19). The number of carbonyl (C=O) groups excluding carboxylic acids is 1. The van der Waals surface area contributed by atoms with Crippen LogP contribution in [0.4, 0.5) is 5.69 Å². The van der Waals surface area contributed by atoms with Gasteiger partial charge in [0.05, 0.1) is 16.3 Å². The summed E-state index contributed by atoms with van der Waals surface area (Å²) < 4.78 is 5.33. The Morgan fingerprint density at radius 3 is 2.65 bits per heavy atom. The molecule has 0 aliphatic carbocycles. The predicted octanol–water partition coefficient (Wildman–Crippen LogP) is 3.06. The molecule has 1 aliphatic heterocycles. The van der Waals surface area contributed by atoms with Gasteiger partial charge in [0.2, 0.25) is 0 Å². The molecule has 20 heavy (non-hydrogen) atoms. The van der Waals surface area contributed by atoms with Crippen LogP contribution in [0.25, 0.3) is 0 Å². The minimum atomic E-state index is -1.22. The Bertz CT molecular complexity index is 562. The van der Waals surface area contributed by atoms with Crippen molar-refractivity contribution in [1.29, 1.82) is 0 Å². The SMILES string of the molecule is CC1CCOC1C(=O)Nc1c(Cl)cc(Cl)cc1C(=O)O. The lowest BCUT2D eigenvalue weighted by atomic mass is 10.0. The van der Waals surface area contributed by atoms with Gasteiger partial charge in [0.1, 0.15) is 6.10 Å². The molecule has 2 unspecified atom stereocenters. The number of hydrogen-bond acceptors (Lipinski definition) is 3. The summed E-state index contributed by atoms with van der Waals surface area (Å²) in [7, 11) is 0. The monoisotopic (exact) mass is 317 g/mol. The lowest BCUT2D eigenvalue weighted by molar-refractivity contribution is -0.126. The van der Waals surface area contributed by atoms with Gasteiger partial charge in [-0.2, -0.15) is 0 Å². The van der Waals surface area contributed by atoms with E-state index in [1.807, 2.05) is 6.92 Å². The Labute approximate surface area is 125 Å². The minimum Gasteiger partial charge on any atom is -0.478 e. The van der Waals surface area contributed by atoms with Crippen LogP contribution < -0.4 is 5.32 Å². The van der Waals surface area contributed by atoms with Gasteiger partial charge in [-0.1, -0.05) is 30.1 Å². The van der Waals surface area contributed by atoms with Gasteiger partial charge in [-0.05, 0) is 24.5 Å². The molecule has 1 aromatic carbocycles. The normalized spacial score (nSPS) is 21.8. The predicted molar refractivity (Wildman–Crippen MR) is 75.6 cm³/mol. The Morgan fingerprint density at radius 1 is 1.40 bits per heavy atom. The van der Waals surface area contributed by atoms with E-state index in [9.17, 15) is 9.59 Å². The number of carboxylic acid groups (broad SMARTS) is 1. The zero-order valence-electron chi connectivity index (χ0n) is 10.7. The van der Waals surface area contributed by atoms with Crippen molar-refractivity contribution >= 4 is 40.8 Å². The van der Waals surface area contributed by atoms with Gasteiger partial charge in [0, 0.05) is 11.6 Å². The smallest absolute Gasteiger partial charge is 0.337 e. The fraction of sp³-hybridized carbons (Fsp3) is 0.385. The molecule has 0 aromatic heterocycles. The second-order valence-electron chi connectivity index (χ2n) is 4.66. The van der Waals surface area contributed by atoms with E-state index in [1.54, 1.807) is 0 Å². The number of carbonyl (C=O) groups is 2. The number of ether oxygens (including phenoxy) is 1. The van der Waals surface area contributed by atoms with Crippen LogP contribution in [0.5, 0.6) is 0 Å². The van der Waals surface area contributed by atoms with Gasteiger partial charge >= 0.3 is 5.97 Å². The van der Waals surface area contributed by atoms with E-state index in [-0.39, 0.29) is 27.2 Å². The van der Waals surface area contributed by atoms with Crippen molar-refractivity contribution in [2.75, 3.05) is 11.9 Å². The van der Waals surface area contributed by atoms with Crippen LogP contribution in [-0.4, -0.2) is 29.7 Å². The van der Waals surface area contributed by atoms with E-state index < -0.39 is 18.0 Å². The highest BCUT2D eigenvalue weighted by molar-refractivity contribution is 6.37. The average Bonchev–Trinajstić information content (AvgIpc) is 2.78. The highest BCUT2D eigenvalue weighted by atomic mass is 35.5. The number of amides is 1. The first kappa shape index (κ1) is 15.1. The fourth-order valence-electron chi connectivity index (χ4n) is 2.09. The third-order valence-electron chi connectivity index (χ3n) is 3.18. The van der Waals surface area contributed by atoms with E-state index in [0.29, 0.717) is 6.61 Å². The molecule has 108 valence electrons. The maximum absolute atomic E-state index is 12.1. The second-order valence-corrected chi connectivity index (χ2v) is 5.51. The first-order valence-electron chi connectivity index (χ1n) is 6.05. The van der Waals surface area contributed by atoms with Crippen molar-refractivity contribution in [2.24, 2.45) is 5.92 Å². The number of hydrogen-bond donors (Lipinski definition) is 2. The van der Waals surface area contributed by atoms with Crippen LogP contribution in [0, 0.1) is 5.92 Å². The molecule has 0 bridgehead atoms. The summed E-state index contributed by atoms with van der Waals surface area (Å²) in [5.74, 6) is -1.54. The molecule has 2 rings (SSSR count). The zero-order chi connectivity index (χ0) is 14.9. The number of benzene rings is 1. The van der Waals surface area contributed by atoms with Crippen molar-refractivity contribution in [3.63, 3.8) is 0 Å². The molecule has 1 aliphatic rings. The first-order chi connectivity index (χ1) is 9.40. The molecule has 0 spiro atoms. The number of aromatic carboxylic acids is 1. The molecule has 1 aromatic rings. The lowest BCUT2D eigenvalue weighted by Crippen LogP contribution is -2.32. The topological polar surface area (TPSA) is 75.6 Å². The Balaban J connectivity index is 2.29. The van der Waals surface area contributed by atoms with Crippen molar-refractivity contribution in [1.82, 2.24) is 0 Å². The van der Waals surface area contributed by atoms with Gasteiger partial charge in [0.25, 0.3) is 5.91 Å². The van der Waals surface area contributed by atoms with Crippen molar-refractivity contribution in [3.8, 4) is 0 Å². The molecular formula is C13H13Cl2NO4. The summed E-state index contributed by atoms with van der Waals surface area (Å²) in [5.41, 5.74) is -0.113. The number of halogens is 2. The number of anilines is 1. The molecule has 0 saturated carbocycles. The highest BCUT2D eigenvalue weighted by Crippen LogP contribution is 2.31. The van der Waals surface area contributed by atoms with Gasteiger partial charge in [-0.15, -0.1) is 0 Å². The molecule has 1 amide bonds. The van der Waals surface area contributed by atoms with Crippen molar-refractivity contribution in [2.45, 2.75) is 19.4 Å². The van der Waals surface area contributed by atoms with Crippen LogP contribution >= 0.6 is 23.2 Å². The lowest BCUT2D eigenvalue weighted by Gasteiger charge is -2.16. The molecule has 2 N–H and O–H groups in total. The Morgan fingerprint density at radius 2 is 2.10 bits per heavy atom. The van der Waals surface area contributed by atoms with Crippen LogP contribution in [-0.2, 0) is 9.53 Å². The highest BCUT2D eigenvalue weighted by Gasteiger charge is 2.32. The average molecular weight is 318 g/mol. The van der Waals surface area contributed by atoms with Crippen molar-refractivity contribution < 1.29 is 19.4 Å². The molecule has 1 heterocycles. The van der Waals surface area contributed by atoms with Crippen LogP contribution in [0.15, 0.2) is 12.1 Å². The maximum atomic E-state index is 12.1.